The third kappa shape index (κ3) is 2.73. The number of aryl methyl sites for hydroxylation is 2. The molecule has 120 valence electrons. The number of sulfonamides is 1. The summed E-state index contributed by atoms with van der Waals surface area (Å²) >= 11 is 1.71. The molecule has 0 aromatic carbocycles. The Balaban J connectivity index is 1.84. The fraction of sp³-hybridized carbons (Fsp3) is 0.533. The number of aromatic nitrogens is 1. The molecule has 22 heavy (non-hydrogen) atoms. The quantitative estimate of drug-likeness (QED) is 0.907. The van der Waals surface area contributed by atoms with Crippen LogP contribution in [0.4, 0.5) is 0 Å². The number of nitrogens with one attached hydrogen (secondary N) is 1. The highest BCUT2D eigenvalue weighted by molar-refractivity contribution is 7.89. The van der Waals surface area contributed by atoms with Gasteiger partial charge in [-0.15, -0.1) is 11.3 Å². The molecule has 2 aromatic heterocycles. The molecule has 0 radical (unpaired) electrons. The lowest BCUT2D eigenvalue weighted by Crippen LogP contribution is -2.38. The largest absolute Gasteiger partial charge is 0.360 e. The molecule has 0 atom stereocenters. The lowest BCUT2D eigenvalue weighted by molar-refractivity contribution is 0.390. The number of hydrogen-bond donors (Lipinski definition) is 1. The first kappa shape index (κ1) is 15.7. The summed E-state index contributed by atoms with van der Waals surface area (Å²) in [5.74, 6) is 0.335. The second kappa shape index (κ2) is 5.79. The van der Waals surface area contributed by atoms with Crippen LogP contribution in [0.15, 0.2) is 26.9 Å². The predicted octanol–water partition coefficient (Wildman–Crippen LogP) is 3.14. The van der Waals surface area contributed by atoms with Crippen molar-refractivity contribution in [1.82, 2.24) is 9.88 Å². The summed E-state index contributed by atoms with van der Waals surface area (Å²) in [6, 6.07) is 4.14. The molecule has 0 bridgehead atoms. The zero-order valence-electron chi connectivity index (χ0n) is 12.8. The van der Waals surface area contributed by atoms with Gasteiger partial charge in [-0.1, -0.05) is 24.1 Å². The first-order valence-corrected chi connectivity index (χ1v) is 9.77. The van der Waals surface area contributed by atoms with Crippen LogP contribution in [-0.2, 0) is 15.4 Å². The van der Waals surface area contributed by atoms with Crippen molar-refractivity contribution < 1.29 is 12.9 Å². The molecule has 1 fully saturated rings. The molecule has 1 N–H and O–H groups in total. The molecule has 0 saturated heterocycles. The van der Waals surface area contributed by atoms with Gasteiger partial charge < -0.3 is 4.52 Å². The first-order valence-electron chi connectivity index (χ1n) is 7.41. The lowest BCUT2D eigenvalue weighted by Gasteiger charge is -2.28. The minimum atomic E-state index is -3.60. The Hall–Kier alpha value is -1.18. The van der Waals surface area contributed by atoms with Gasteiger partial charge in [-0.2, -0.15) is 0 Å². The molecular formula is C15H20N2O3S2. The fourth-order valence-corrected chi connectivity index (χ4v) is 5.75. The second-order valence-corrected chi connectivity index (χ2v) is 8.59. The smallest absolute Gasteiger partial charge is 0.245 e. The third-order valence-corrected chi connectivity index (χ3v) is 7.20. The van der Waals surface area contributed by atoms with E-state index in [1.165, 1.54) is 4.88 Å². The Kier molecular flexibility index (Phi) is 4.13. The van der Waals surface area contributed by atoms with E-state index in [-0.39, 0.29) is 10.3 Å². The number of rotatable bonds is 5. The molecule has 2 heterocycles. The topological polar surface area (TPSA) is 72.2 Å². The summed E-state index contributed by atoms with van der Waals surface area (Å²) in [6.07, 6.45) is 4.34. The van der Waals surface area contributed by atoms with Gasteiger partial charge in [0.15, 0.2) is 5.76 Å². The van der Waals surface area contributed by atoms with Gasteiger partial charge in [-0.25, -0.2) is 13.1 Å². The van der Waals surface area contributed by atoms with Gasteiger partial charge in [0.1, 0.15) is 10.6 Å². The van der Waals surface area contributed by atoms with Gasteiger partial charge in [-0.05, 0) is 38.1 Å². The highest BCUT2D eigenvalue weighted by Gasteiger charge is 2.38. The summed E-state index contributed by atoms with van der Waals surface area (Å²) in [4.78, 5) is 1.44. The average molecular weight is 340 g/mol. The van der Waals surface area contributed by atoms with Gasteiger partial charge in [0.25, 0.3) is 0 Å². The van der Waals surface area contributed by atoms with Crippen LogP contribution >= 0.6 is 11.3 Å². The zero-order chi connectivity index (χ0) is 15.8. The van der Waals surface area contributed by atoms with Gasteiger partial charge >= 0.3 is 0 Å². The summed E-state index contributed by atoms with van der Waals surface area (Å²) in [7, 11) is -3.60. The minimum absolute atomic E-state index is 0.0692. The maximum atomic E-state index is 12.6. The van der Waals surface area contributed by atoms with E-state index in [1.54, 1.807) is 25.2 Å². The van der Waals surface area contributed by atoms with E-state index in [1.807, 2.05) is 6.07 Å². The summed E-state index contributed by atoms with van der Waals surface area (Å²) in [5.41, 5.74) is 0.335. The van der Waals surface area contributed by atoms with Crippen LogP contribution in [0.25, 0.3) is 0 Å². The van der Waals surface area contributed by atoms with Crippen LogP contribution in [0.2, 0.25) is 0 Å². The Morgan fingerprint density at radius 1 is 1.36 bits per heavy atom. The van der Waals surface area contributed by atoms with Crippen molar-refractivity contribution in [3.05, 3.63) is 33.8 Å². The predicted molar refractivity (Wildman–Crippen MR) is 85.6 cm³/mol. The molecule has 1 saturated carbocycles. The number of thiophene rings is 1. The van der Waals surface area contributed by atoms with E-state index in [0.717, 1.165) is 25.7 Å². The van der Waals surface area contributed by atoms with Crippen molar-refractivity contribution in [2.75, 3.05) is 6.54 Å². The highest BCUT2D eigenvalue weighted by atomic mass is 32.2. The second-order valence-electron chi connectivity index (χ2n) is 5.94. The molecule has 2 aromatic rings. The fourth-order valence-electron chi connectivity index (χ4n) is 3.31. The normalized spacial score (nSPS) is 17.9. The van der Waals surface area contributed by atoms with Crippen molar-refractivity contribution in [1.29, 1.82) is 0 Å². The Bertz CT molecular complexity index is 722. The molecular weight excluding hydrogens is 320 g/mol. The molecule has 3 rings (SSSR count). The van der Waals surface area contributed by atoms with E-state index in [2.05, 4.69) is 21.3 Å². The highest BCUT2D eigenvalue weighted by Crippen LogP contribution is 2.42. The van der Waals surface area contributed by atoms with E-state index >= 15 is 0 Å². The van der Waals surface area contributed by atoms with Gasteiger partial charge in [0.05, 0.1) is 0 Å². The molecule has 1 aliphatic carbocycles. The molecule has 0 spiro atoms. The van der Waals surface area contributed by atoms with Crippen LogP contribution in [0.3, 0.4) is 0 Å². The molecule has 0 amide bonds. The lowest BCUT2D eigenvalue weighted by atomic mass is 9.85. The Morgan fingerprint density at radius 3 is 2.64 bits per heavy atom. The maximum absolute atomic E-state index is 12.6. The monoisotopic (exact) mass is 340 g/mol. The van der Waals surface area contributed by atoms with Crippen LogP contribution < -0.4 is 4.72 Å². The number of nitrogens with zero attached hydrogens (tertiary/aromatic N) is 1. The number of hydrogen-bond acceptors (Lipinski definition) is 5. The van der Waals surface area contributed by atoms with Crippen molar-refractivity contribution >= 4 is 21.4 Å². The Labute approximate surface area is 134 Å². The zero-order valence-corrected chi connectivity index (χ0v) is 14.4. The van der Waals surface area contributed by atoms with Crippen molar-refractivity contribution in [2.45, 2.75) is 49.8 Å². The third-order valence-electron chi connectivity index (χ3n) is 4.44. The van der Waals surface area contributed by atoms with Crippen LogP contribution in [-0.4, -0.2) is 20.1 Å². The van der Waals surface area contributed by atoms with E-state index in [4.69, 9.17) is 4.52 Å². The standard InChI is InChI=1S/C15H20N2O3S2/c1-11-14(12(2)20-17-11)22(18,19)16-10-15(7-3-4-8-15)13-6-5-9-21-13/h5-6,9,16H,3-4,7-8,10H2,1-2H3. The molecule has 7 heteroatoms. The minimum Gasteiger partial charge on any atom is -0.360 e. The van der Waals surface area contributed by atoms with Crippen LogP contribution in [0, 0.1) is 13.8 Å². The van der Waals surface area contributed by atoms with Gasteiger partial charge in [-0.3, -0.25) is 0 Å². The molecule has 0 aliphatic heterocycles. The maximum Gasteiger partial charge on any atom is 0.245 e. The van der Waals surface area contributed by atoms with Crippen molar-refractivity contribution in [2.24, 2.45) is 0 Å². The average Bonchev–Trinajstić information content (AvgIpc) is 3.18. The summed E-state index contributed by atoms with van der Waals surface area (Å²) < 4.78 is 33.0. The van der Waals surface area contributed by atoms with Gasteiger partial charge in [0, 0.05) is 16.8 Å². The van der Waals surface area contributed by atoms with Crippen molar-refractivity contribution in [3.63, 3.8) is 0 Å². The summed E-state index contributed by atoms with van der Waals surface area (Å²) in [6.45, 7) is 3.70. The molecule has 1 aliphatic rings. The van der Waals surface area contributed by atoms with Gasteiger partial charge in [0.2, 0.25) is 10.0 Å². The van der Waals surface area contributed by atoms with Crippen LogP contribution in [0.5, 0.6) is 0 Å². The van der Waals surface area contributed by atoms with E-state index < -0.39 is 10.0 Å². The molecule has 5 nitrogen and oxygen atoms in total. The first-order chi connectivity index (χ1) is 10.4. The SMILES string of the molecule is Cc1noc(C)c1S(=O)(=O)NCC1(c2cccs2)CCCC1. The van der Waals surface area contributed by atoms with E-state index in [0.29, 0.717) is 18.0 Å². The summed E-state index contributed by atoms with van der Waals surface area (Å²) in [5, 5.41) is 5.79. The Morgan fingerprint density at radius 2 is 2.09 bits per heavy atom. The van der Waals surface area contributed by atoms with Crippen LogP contribution in [0.1, 0.15) is 42.0 Å². The van der Waals surface area contributed by atoms with E-state index in [9.17, 15) is 8.42 Å². The molecule has 0 unspecified atom stereocenters. The van der Waals surface area contributed by atoms with Crippen molar-refractivity contribution in [3.8, 4) is 0 Å².